The van der Waals surface area contributed by atoms with E-state index in [1.54, 1.807) is 19.1 Å². The van der Waals surface area contributed by atoms with Gasteiger partial charge < -0.3 is 9.47 Å². The van der Waals surface area contributed by atoms with Crippen LogP contribution in [0.1, 0.15) is 12.5 Å². The Hall–Kier alpha value is -1.87. The standard InChI is InChI=1S/C19H22ClFN2O4S/c1-3-23(11-14-13-26-18-9-4-5-10-19(18)27-14)28(24,25)22(2)12-15-16(20)7-6-8-17(15)21/h4-10,14H,3,11-13H2,1-2H3. The first-order valence-corrected chi connectivity index (χ1v) is 10.6. The van der Waals surface area contributed by atoms with Crippen LogP contribution >= 0.6 is 11.6 Å². The maximum absolute atomic E-state index is 14.0. The predicted octanol–water partition coefficient (Wildman–Crippen LogP) is 3.32. The summed E-state index contributed by atoms with van der Waals surface area (Å²) in [6.45, 7) is 2.15. The zero-order valence-corrected chi connectivity index (χ0v) is 17.2. The molecule has 0 fully saturated rings. The van der Waals surface area contributed by atoms with E-state index in [2.05, 4.69) is 0 Å². The van der Waals surface area contributed by atoms with Crippen LogP contribution in [0, 0.1) is 5.82 Å². The minimum atomic E-state index is -3.85. The normalized spacial score (nSPS) is 16.6. The summed E-state index contributed by atoms with van der Waals surface area (Å²) in [5.74, 6) is 0.674. The Morgan fingerprint density at radius 2 is 1.89 bits per heavy atom. The van der Waals surface area contributed by atoms with Crippen molar-refractivity contribution in [2.24, 2.45) is 0 Å². The van der Waals surface area contributed by atoms with Gasteiger partial charge in [-0.05, 0) is 24.3 Å². The lowest BCUT2D eigenvalue weighted by Crippen LogP contribution is -2.48. The third-order valence-corrected chi connectivity index (χ3v) is 6.82. The Balaban J connectivity index is 1.72. The molecule has 0 aromatic heterocycles. The molecule has 6 nitrogen and oxygen atoms in total. The second-order valence-electron chi connectivity index (χ2n) is 6.41. The van der Waals surface area contributed by atoms with Gasteiger partial charge in [-0.15, -0.1) is 0 Å². The van der Waals surface area contributed by atoms with Gasteiger partial charge in [-0.25, -0.2) is 4.39 Å². The van der Waals surface area contributed by atoms with Crippen molar-refractivity contribution in [3.05, 3.63) is 58.9 Å². The minimum Gasteiger partial charge on any atom is -0.486 e. The van der Waals surface area contributed by atoms with Crippen LogP contribution in [0.25, 0.3) is 0 Å². The molecule has 0 N–H and O–H groups in total. The number of halogens is 2. The maximum Gasteiger partial charge on any atom is 0.282 e. The molecule has 1 unspecified atom stereocenters. The van der Waals surface area contributed by atoms with Crippen LogP contribution in [0.3, 0.4) is 0 Å². The van der Waals surface area contributed by atoms with E-state index in [1.165, 1.54) is 29.6 Å². The molecule has 0 saturated heterocycles. The van der Waals surface area contributed by atoms with Crippen molar-refractivity contribution in [2.45, 2.75) is 19.6 Å². The summed E-state index contributed by atoms with van der Waals surface area (Å²) in [5, 5.41) is 0.186. The summed E-state index contributed by atoms with van der Waals surface area (Å²) in [7, 11) is -2.46. The topological polar surface area (TPSA) is 59.1 Å². The fourth-order valence-corrected chi connectivity index (χ4v) is 4.54. The molecule has 1 atom stereocenters. The quantitative estimate of drug-likeness (QED) is 0.678. The lowest BCUT2D eigenvalue weighted by atomic mass is 10.2. The molecule has 152 valence electrons. The summed E-state index contributed by atoms with van der Waals surface area (Å²) in [6, 6.07) is 11.5. The van der Waals surface area contributed by atoms with Gasteiger partial charge in [-0.1, -0.05) is 36.7 Å². The molecule has 1 aliphatic heterocycles. The van der Waals surface area contributed by atoms with Gasteiger partial charge in [-0.3, -0.25) is 0 Å². The monoisotopic (exact) mass is 428 g/mol. The maximum atomic E-state index is 14.0. The Morgan fingerprint density at radius 1 is 1.18 bits per heavy atom. The van der Waals surface area contributed by atoms with Crippen molar-refractivity contribution in [1.29, 1.82) is 0 Å². The molecule has 2 aromatic rings. The summed E-state index contributed by atoms with van der Waals surface area (Å²) in [5.41, 5.74) is 0.137. The number of rotatable bonds is 7. The van der Waals surface area contributed by atoms with E-state index in [4.69, 9.17) is 21.1 Å². The molecule has 0 radical (unpaired) electrons. The van der Waals surface area contributed by atoms with Crippen molar-refractivity contribution in [3.63, 3.8) is 0 Å². The Bertz CT molecular complexity index is 921. The first-order chi connectivity index (χ1) is 13.3. The number of ether oxygens (including phenoxy) is 2. The highest BCUT2D eigenvalue weighted by Crippen LogP contribution is 2.31. The van der Waals surface area contributed by atoms with Crippen molar-refractivity contribution < 1.29 is 22.3 Å². The van der Waals surface area contributed by atoms with Crippen LogP contribution in [0.2, 0.25) is 5.02 Å². The van der Waals surface area contributed by atoms with E-state index >= 15 is 0 Å². The van der Waals surface area contributed by atoms with Gasteiger partial charge >= 0.3 is 0 Å². The molecule has 1 aliphatic rings. The van der Waals surface area contributed by atoms with Crippen LogP contribution in [0.5, 0.6) is 11.5 Å². The summed E-state index contributed by atoms with van der Waals surface area (Å²) >= 11 is 6.03. The number of hydrogen-bond donors (Lipinski definition) is 0. The van der Waals surface area contributed by atoms with Gasteiger partial charge in [0.25, 0.3) is 10.2 Å². The number of fused-ring (bicyclic) bond motifs is 1. The fourth-order valence-electron chi connectivity index (χ4n) is 2.95. The first-order valence-electron chi connectivity index (χ1n) is 8.85. The summed E-state index contributed by atoms with van der Waals surface area (Å²) in [6.07, 6.45) is -0.449. The fraction of sp³-hybridized carbons (Fsp3) is 0.368. The largest absolute Gasteiger partial charge is 0.486 e. The molecule has 0 spiro atoms. The summed E-state index contributed by atoms with van der Waals surface area (Å²) < 4.78 is 53.9. The number of likely N-dealkylation sites (N-methyl/N-ethyl adjacent to an activating group) is 1. The zero-order chi connectivity index (χ0) is 20.3. The van der Waals surface area contributed by atoms with Crippen molar-refractivity contribution in [2.75, 3.05) is 26.7 Å². The van der Waals surface area contributed by atoms with E-state index in [1.807, 2.05) is 12.1 Å². The highest BCUT2D eigenvalue weighted by molar-refractivity contribution is 7.86. The lowest BCUT2D eigenvalue weighted by Gasteiger charge is -2.32. The van der Waals surface area contributed by atoms with Crippen LogP contribution in [-0.2, 0) is 16.8 Å². The molecular formula is C19H22ClFN2O4S. The van der Waals surface area contributed by atoms with Gasteiger partial charge in [0, 0.05) is 30.7 Å². The van der Waals surface area contributed by atoms with E-state index in [-0.39, 0.29) is 36.8 Å². The first kappa shape index (κ1) is 20.9. The second kappa shape index (κ2) is 8.65. The molecular weight excluding hydrogens is 407 g/mol. The second-order valence-corrected chi connectivity index (χ2v) is 8.85. The molecule has 0 saturated carbocycles. The number of nitrogens with zero attached hydrogens (tertiary/aromatic N) is 2. The van der Waals surface area contributed by atoms with E-state index in [0.717, 1.165) is 4.31 Å². The van der Waals surface area contributed by atoms with Crippen molar-refractivity contribution in [3.8, 4) is 11.5 Å². The molecule has 0 aliphatic carbocycles. The molecule has 0 amide bonds. The lowest BCUT2D eigenvalue weighted by molar-refractivity contribution is 0.0760. The number of benzene rings is 2. The third kappa shape index (κ3) is 4.41. The Labute approximate surface area is 169 Å². The minimum absolute atomic E-state index is 0.114. The van der Waals surface area contributed by atoms with E-state index in [0.29, 0.717) is 11.5 Å². The molecule has 1 heterocycles. The Morgan fingerprint density at radius 3 is 2.57 bits per heavy atom. The van der Waals surface area contributed by atoms with Gasteiger partial charge in [-0.2, -0.15) is 17.0 Å². The van der Waals surface area contributed by atoms with Crippen molar-refractivity contribution in [1.82, 2.24) is 8.61 Å². The molecule has 2 aromatic carbocycles. The third-order valence-electron chi connectivity index (χ3n) is 4.49. The molecule has 0 bridgehead atoms. The molecule has 3 rings (SSSR count). The smallest absolute Gasteiger partial charge is 0.282 e. The molecule has 9 heteroatoms. The van der Waals surface area contributed by atoms with Gasteiger partial charge in [0.15, 0.2) is 11.5 Å². The highest BCUT2D eigenvalue weighted by Gasteiger charge is 2.31. The SMILES string of the molecule is CCN(CC1COc2ccccc2O1)S(=O)(=O)N(C)Cc1c(F)cccc1Cl. The van der Waals surface area contributed by atoms with Crippen LogP contribution in [0.4, 0.5) is 4.39 Å². The van der Waals surface area contributed by atoms with Crippen LogP contribution < -0.4 is 9.47 Å². The highest BCUT2D eigenvalue weighted by atomic mass is 35.5. The number of para-hydroxylation sites is 2. The van der Waals surface area contributed by atoms with Gasteiger partial charge in [0.05, 0.1) is 6.54 Å². The zero-order valence-electron chi connectivity index (χ0n) is 15.6. The van der Waals surface area contributed by atoms with Crippen LogP contribution in [-0.4, -0.2) is 49.9 Å². The molecule has 28 heavy (non-hydrogen) atoms. The predicted molar refractivity (Wildman–Crippen MR) is 105 cm³/mol. The Kier molecular flexibility index (Phi) is 6.44. The van der Waals surface area contributed by atoms with Crippen LogP contribution in [0.15, 0.2) is 42.5 Å². The van der Waals surface area contributed by atoms with E-state index in [9.17, 15) is 12.8 Å². The number of hydrogen-bond acceptors (Lipinski definition) is 4. The van der Waals surface area contributed by atoms with E-state index < -0.39 is 22.1 Å². The average molecular weight is 429 g/mol. The summed E-state index contributed by atoms with van der Waals surface area (Å²) in [4.78, 5) is 0. The van der Waals surface area contributed by atoms with Gasteiger partial charge in [0.1, 0.15) is 18.5 Å². The average Bonchev–Trinajstić information content (AvgIpc) is 2.68. The van der Waals surface area contributed by atoms with Crippen molar-refractivity contribution >= 4 is 21.8 Å². The van der Waals surface area contributed by atoms with Gasteiger partial charge in [0.2, 0.25) is 0 Å².